The molecule has 1 aliphatic heterocycles. The Labute approximate surface area is 154 Å². The fourth-order valence-electron chi connectivity index (χ4n) is 3.42. The second-order valence-electron chi connectivity index (χ2n) is 7.13. The van der Waals surface area contributed by atoms with Crippen molar-refractivity contribution in [2.75, 3.05) is 30.7 Å². The van der Waals surface area contributed by atoms with Gasteiger partial charge in [0.2, 0.25) is 0 Å². The number of hydrogen-bond donors (Lipinski definition) is 3. The van der Waals surface area contributed by atoms with Crippen LogP contribution >= 0.6 is 0 Å². The Hall–Kier alpha value is -2.37. The van der Waals surface area contributed by atoms with Gasteiger partial charge in [0.25, 0.3) is 5.91 Å². The third kappa shape index (κ3) is 4.62. The molecular weight excluding hydrogens is 326 g/mol. The van der Waals surface area contributed by atoms with Crippen LogP contribution in [0.3, 0.4) is 0 Å². The molecule has 4 N–H and O–H groups in total. The van der Waals surface area contributed by atoms with E-state index in [9.17, 15) is 9.90 Å². The van der Waals surface area contributed by atoms with Gasteiger partial charge >= 0.3 is 0 Å². The van der Waals surface area contributed by atoms with Crippen LogP contribution in [0.4, 0.5) is 11.4 Å². The van der Waals surface area contributed by atoms with Crippen LogP contribution in [0.15, 0.2) is 42.5 Å². The number of piperidine rings is 1. The quantitative estimate of drug-likeness (QED) is 0.722. The van der Waals surface area contributed by atoms with Gasteiger partial charge in [-0.15, -0.1) is 0 Å². The fraction of sp³-hybridized carbons (Fsp3) is 0.381. The molecular formula is C21H27N3O2. The molecule has 0 atom stereocenters. The Balaban J connectivity index is 1.64. The molecule has 0 spiro atoms. The number of anilines is 2. The molecule has 0 saturated carbocycles. The van der Waals surface area contributed by atoms with Gasteiger partial charge in [0, 0.05) is 30.1 Å². The summed E-state index contributed by atoms with van der Waals surface area (Å²) in [6.45, 7) is 5.06. The first-order chi connectivity index (χ1) is 12.5. The highest BCUT2D eigenvalue weighted by molar-refractivity contribution is 6.05. The van der Waals surface area contributed by atoms with Gasteiger partial charge in [0.15, 0.2) is 0 Å². The number of aliphatic hydroxyl groups excluding tert-OH is 1. The first-order valence-electron chi connectivity index (χ1n) is 9.15. The number of nitrogen functional groups attached to an aromatic ring is 1. The van der Waals surface area contributed by atoms with Crippen LogP contribution in [0.2, 0.25) is 0 Å². The van der Waals surface area contributed by atoms with Crippen LogP contribution in [0, 0.1) is 12.8 Å². The molecule has 26 heavy (non-hydrogen) atoms. The van der Waals surface area contributed by atoms with E-state index in [2.05, 4.69) is 16.3 Å². The molecule has 3 rings (SSSR count). The Bertz CT molecular complexity index is 768. The molecule has 1 aliphatic rings. The largest absolute Gasteiger partial charge is 0.399 e. The lowest BCUT2D eigenvalue weighted by atomic mass is 9.97. The predicted molar refractivity (Wildman–Crippen MR) is 105 cm³/mol. The van der Waals surface area contributed by atoms with Crippen LogP contribution in [0.1, 0.15) is 34.3 Å². The minimum Gasteiger partial charge on any atom is -0.399 e. The lowest BCUT2D eigenvalue weighted by Gasteiger charge is -2.31. The van der Waals surface area contributed by atoms with Crippen LogP contribution in [0.25, 0.3) is 0 Å². The SMILES string of the molecule is Cc1ccc(N)cc1C(=O)Nc1cccc(CN2CCC(CO)CC2)c1. The summed E-state index contributed by atoms with van der Waals surface area (Å²) in [6, 6.07) is 13.3. The number of rotatable bonds is 5. The average molecular weight is 353 g/mol. The number of amides is 1. The predicted octanol–water partition coefficient (Wildman–Crippen LogP) is 3.03. The number of carbonyl (C=O) groups excluding carboxylic acids is 1. The average Bonchev–Trinajstić information content (AvgIpc) is 2.64. The number of likely N-dealkylation sites (tertiary alicyclic amines) is 1. The summed E-state index contributed by atoms with van der Waals surface area (Å²) in [5.74, 6) is 0.300. The summed E-state index contributed by atoms with van der Waals surface area (Å²) >= 11 is 0. The van der Waals surface area contributed by atoms with Crippen molar-refractivity contribution in [3.63, 3.8) is 0 Å². The van der Waals surface area contributed by atoms with Gasteiger partial charge in [0.05, 0.1) is 0 Å². The molecule has 1 heterocycles. The third-order valence-electron chi connectivity index (χ3n) is 5.06. The van der Waals surface area contributed by atoms with Crippen molar-refractivity contribution in [2.45, 2.75) is 26.3 Å². The fourth-order valence-corrected chi connectivity index (χ4v) is 3.42. The van der Waals surface area contributed by atoms with Gasteiger partial charge < -0.3 is 16.2 Å². The number of nitrogens with two attached hydrogens (primary N) is 1. The molecule has 138 valence electrons. The highest BCUT2D eigenvalue weighted by Gasteiger charge is 2.18. The van der Waals surface area contributed by atoms with Gasteiger partial charge in [-0.25, -0.2) is 0 Å². The van der Waals surface area contributed by atoms with Crippen molar-refractivity contribution < 1.29 is 9.90 Å². The van der Waals surface area contributed by atoms with Crippen LogP contribution in [-0.2, 0) is 6.54 Å². The number of benzene rings is 2. The molecule has 0 radical (unpaired) electrons. The smallest absolute Gasteiger partial charge is 0.256 e. The monoisotopic (exact) mass is 353 g/mol. The molecule has 1 amide bonds. The number of carbonyl (C=O) groups is 1. The van der Waals surface area contributed by atoms with Crippen molar-refractivity contribution in [3.05, 3.63) is 59.2 Å². The Morgan fingerprint density at radius 1 is 1.23 bits per heavy atom. The minimum absolute atomic E-state index is 0.143. The van der Waals surface area contributed by atoms with Crippen molar-refractivity contribution >= 4 is 17.3 Å². The highest BCUT2D eigenvalue weighted by atomic mass is 16.3. The standard InChI is InChI=1S/C21H27N3O2/c1-15-5-6-18(22)12-20(15)21(26)23-19-4-2-3-17(11-19)13-24-9-7-16(14-25)8-10-24/h2-6,11-12,16,25H,7-10,13-14,22H2,1H3,(H,23,26). The maximum atomic E-state index is 12.6. The lowest BCUT2D eigenvalue weighted by Crippen LogP contribution is -2.34. The molecule has 2 aromatic carbocycles. The first kappa shape index (κ1) is 18.4. The summed E-state index contributed by atoms with van der Waals surface area (Å²) in [5.41, 5.74) is 9.86. The van der Waals surface area contributed by atoms with Gasteiger partial charge in [-0.2, -0.15) is 0 Å². The van der Waals surface area contributed by atoms with Gasteiger partial charge in [-0.3, -0.25) is 9.69 Å². The third-order valence-corrected chi connectivity index (χ3v) is 5.06. The van der Waals surface area contributed by atoms with E-state index in [0.717, 1.165) is 43.7 Å². The summed E-state index contributed by atoms with van der Waals surface area (Å²) in [7, 11) is 0. The number of aliphatic hydroxyl groups is 1. The Morgan fingerprint density at radius 3 is 2.73 bits per heavy atom. The van der Waals surface area contributed by atoms with Gasteiger partial charge in [0.1, 0.15) is 0 Å². The zero-order valence-electron chi connectivity index (χ0n) is 15.2. The summed E-state index contributed by atoms with van der Waals surface area (Å²) in [6.07, 6.45) is 2.09. The molecule has 0 bridgehead atoms. The maximum Gasteiger partial charge on any atom is 0.256 e. The number of nitrogens with one attached hydrogen (secondary N) is 1. The van der Waals surface area contributed by atoms with Crippen LogP contribution < -0.4 is 11.1 Å². The number of hydrogen-bond acceptors (Lipinski definition) is 4. The van der Waals surface area contributed by atoms with E-state index < -0.39 is 0 Å². The summed E-state index contributed by atoms with van der Waals surface area (Å²) < 4.78 is 0. The lowest BCUT2D eigenvalue weighted by molar-refractivity contribution is 0.102. The molecule has 1 fully saturated rings. The Morgan fingerprint density at radius 2 is 2.00 bits per heavy atom. The molecule has 0 aromatic heterocycles. The van der Waals surface area contributed by atoms with Crippen molar-refractivity contribution in [2.24, 2.45) is 5.92 Å². The van der Waals surface area contributed by atoms with E-state index in [1.807, 2.05) is 31.2 Å². The molecule has 2 aromatic rings. The number of aryl methyl sites for hydroxylation is 1. The molecule has 1 saturated heterocycles. The highest BCUT2D eigenvalue weighted by Crippen LogP contribution is 2.20. The van der Waals surface area contributed by atoms with Crippen molar-refractivity contribution in [1.82, 2.24) is 4.90 Å². The van der Waals surface area contributed by atoms with Crippen molar-refractivity contribution in [3.8, 4) is 0 Å². The minimum atomic E-state index is -0.143. The topological polar surface area (TPSA) is 78.6 Å². The van der Waals surface area contributed by atoms with E-state index in [1.54, 1.807) is 12.1 Å². The van der Waals surface area contributed by atoms with E-state index in [1.165, 1.54) is 5.56 Å². The van der Waals surface area contributed by atoms with Crippen LogP contribution in [0.5, 0.6) is 0 Å². The summed E-state index contributed by atoms with van der Waals surface area (Å²) in [4.78, 5) is 15.0. The number of nitrogens with zero attached hydrogens (tertiary/aromatic N) is 1. The second kappa shape index (κ2) is 8.34. The molecule has 5 nitrogen and oxygen atoms in total. The summed E-state index contributed by atoms with van der Waals surface area (Å²) in [5, 5.41) is 12.2. The maximum absolute atomic E-state index is 12.6. The normalized spacial score (nSPS) is 15.8. The van der Waals surface area contributed by atoms with Gasteiger partial charge in [-0.05, 0) is 74.2 Å². The van der Waals surface area contributed by atoms with Crippen LogP contribution in [-0.4, -0.2) is 35.6 Å². The van der Waals surface area contributed by atoms with E-state index in [4.69, 9.17) is 5.73 Å². The van der Waals surface area contributed by atoms with E-state index in [0.29, 0.717) is 23.8 Å². The van der Waals surface area contributed by atoms with E-state index in [-0.39, 0.29) is 5.91 Å². The molecule has 0 aliphatic carbocycles. The van der Waals surface area contributed by atoms with Crippen molar-refractivity contribution in [1.29, 1.82) is 0 Å². The van der Waals surface area contributed by atoms with E-state index >= 15 is 0 Å². The zero-order chi connectivity index (χ0) is 18.5. The molecule has 5 heteroatoms. The van der Waals surface area contributed by atoms with Gasteiger partial charge in [-0.1, -0.05) is 18.2 Å². The zero-order valence-corrected chi connectivity index (χ0v) is 15.2. The first-order valence-corrected chi connectivity index (χ1v) is 9.15. The molecule has 0 unspecified atom stereocenters. The second-order valence-corrected chi connectivity index (χ2v) is 7.13. The Kier molecular flexibility index (Phi) is 5.91.